The molecule has 2 rings (SSSR count). The van der Waals surface area contributed by atoms with Crippen molar-refractivity contribution in [2.45, 2.75) is 19.6 Å². The zero-order chi connectivity index (χ0) is 15.1. The van der Waals surface area contributed by atoms with E-state index < -0.39 is 6.10 Å². The first-order valence-electron chi connectivity index (χ1n) is 6.80. The van der Waals surface area contributed by atoms with Gasteiger partial charge in [0, 0.05) is 23.5 Å². The molecule has 1 aromatic carbocycles. The maximum Gasteiger partial charge on any atom is 0.159 e. The summed E-state index contributed by atoms with van der Waals surface area (Å²) in [7, 11) is 0. The molecule has 112 valence electrons. The van der Waals surface area contributed by atoms with Crippen molar-refractivity contribution in [1.29, 1.82) is 0 Å². The van der Waals surface area contributed by atoms with Gasteiger partial charge < -0.3 is 15.2 Å². The van der Waals surface area contributed by atoms with E-state index in [2.05, 4.69) is 11.4 Å². The largest absolute Gasteiger partial charge is 0.491 e. The van der Waals surface area contributed by atoms with E-state index in [1.165, 1.54) is 11.8 Å². The number of thiophene rings is 1. The van der Waals surface area contributed by atoms with Gasteiger partial charge in [0.1, 0.15) is 18.5 Å². The minimum absolute atomic E-state index is 0.0272. The molecular formula is C16H19NO3S. The molecule has 1 unspecified atom stereocenters. The second-order valence-corrected chi connectivity index (χ2v) is 5.79. The van der Waals surface area contributed by atoms with Crippen LogP contribution in [-0.2, 0) is 6.54 Å². The van der Waals surface area contributed by atoms with Gasteiger partial charge in [0.25, 0.3) is 0 Å². The highest BCUT2D eigenvalue weighted by atomic mass is 32.1. The molecule has 0 radical (unpaired) electrons. The molecule has 0 aliphatic heterocycles. The monoisotopic (exact) mass is 305 g/mol. The smallest absolute Gasteiger partial charge is 0.159 e. The van der Waals surface area contributed by atoms with Crippen LogP contribution >= 0.6 is 11.3 Å². The van der Waals surface area contributed by atoms with Crippen LogP contribution in [0.15, 0.2) is 41.8 Å². The second-order valence-electron chi connectivity index (χ2n) is 4.76. The fourth-order valence-electron chi connectivity index (χ4n) is 1.81. The minimum Gasteiger partial charge on any atom is -0.491 e. The molecule has 1 atom stereocenters. The number of benzene rings is 1. The number of aliphatic hydroxyl groups excluding tert-OH is 1. The van der Waals surface area contributed by atoms with Crippen molar-refractivity contribution in [3.05, 3.63) is 52.2 Å². The van der Waals surface area contributed by atoms with Crippen LogP contribution in [-0.4, -0.2) is 30.1 Å². The summed E-state index contributed by atoms with van der Waals surface area (Å²) < 4.78 is 5.49. The van der Waals surface area contributed by atoms with Crippen molar-refractivity contribution in [3.63, 3.8) is 0 Å². The normalized spacial score (nSPS) is 12.1. The predicted octanol–water partition coefficient (Wildman–Crippen LogP) is 2.48. The molecule has 0 aliphatic rings. The SMILES string of the molecule is CC(=O)c1ccc(OCC(O)CNCc2cccs2)cc1. The lowest BCUT2D eigenvalue weighted by Gasteiger charge is -2.13. The number of aliphatic hydroxyl groups is 1. The zero-order valence-electron chi connectivity index (χ0n) is 11.9. The van der Waals surface area contributed by atoms with E-state index in [0.29, 0.717) is 17.9 Å². The van der Waals surface area contributed by atoms with E-state index in [-0.39, 0.29) is 12.4 Å². The first-order valence-corrected chi connectivity index (χ1v) is 7.68. The quantitative estimate of drug-likeness (QED) is 0.736. The lowest BCUT2D eigenvalue weighted by molar-refractivity contribution is 0.101. The van der Waals surface area contributed by atoms with Gasteiger partial charge >= 0.3 is 0 Å². The molecule has 0 saturated heterocycles. The average Bonchev–Trinajstić information content (AvgIpc) is 2.99. The number of carbonyl (C=O) groups excluding carboxylic acids is 1. The van der Waals surface area contributed by atoms with Crippen molar-refractivity contribution in [2.75, 3.05) is 13.2 Å². The summed E-state index contributed by atoms with van der Waals surface area (Å²) in [4.78, 5) is 12.4. The lowest BCUT2D eigenvalue weighted by Crippen LogP contribution is -2.30. The molecule has 0 amide bonds. The third-order valence-electron chi connectivity index (χ3n) is 2.96. The van der Waals surface area contributed by atoms with Gasteiger partial charge in [0.2, 0.25) is 0 Å². The van der Waals surface area contributed by atoms with Crippen molar-refractivity contribution in [2.24, 2.45) is 0 Å². The molecule has 21 heavy (non-hydrogen) atoms. The molecule has 1 aromatic heterocycles. The Morgan fingerprint density at radius 2 is 2.10 bits per heavy atom. The van der Waals surface area contributed by atoms with Crippen LogP contribution < -0.4 is 10.1 Å². The van der Waals surface area contributed by atoms with E-state index in [1.54, 1.807) is 35.6 Å². The standard InChI is InChI=1S/C16H19NO3S/c1-12(18)13-4-6-15(7-5-13)20-11-14(19)9-17-10-16-3-2-8-21-16/h2-8,14,17,19H,9-11H2,1H3. The van der Waals surface area contributed by atoms with Crippen LogP contribution in [0.3, 0.4) is 0 Å². The number of ether oxygens (including phenoxy) is 1. The summed E-state index contributed by atoms with van der Waals surface area (Å²) in [5.74, 6) is 0.677. The molecule has 4 nitrogen and oxygen atoms in total. The fourth-order valence-corrected chi connectivity index (χ4v) is 2.49. The van der Waals surface area contributed by atoms with Crippen molar-refractivity contribution in [1.82, 2.24) is 5.32 Å². The Labute approximate surface area is 128 Å². The maximum atomic E-state index is 11.2. The number of nitrogens with one attached hydrogen (secondary N) is 1. The summed E-state index contributed by atoms with van der Waals surface area (Å²) >= 11 is 1.69. The van der Waals surface area contributed by atoms with E-state index in [0.717, 1.165) is 6.54 Å². The third-order valence-corrected chi connectivity index (χ3v) is 3.84. The van der Waals surface area contributed by atoms with Gasteiger partial charge in [-0.15, -0.1) is 11.3 Å². The molecule has 0 spiro atoms. The molecule has 5 heteroatoms. The Balaban J connectivity index is 1.68. The molecule has 2 N–H and O–H groups in total. The predicted molar refractivity (Wildman–Crippen MR) is 84.0 cm³/mol. The molecule has 0 aliphatic carbocycles. The number of ketones is 1. The summed E-state index contributed by atoms with van der Waals surface area (Å²) in [6.07, 6.45) is -0.572. The molecule has 0 saturated carbocycles. The number of Topliss-reactive ketones (excluding diaryl/α,β-unsaturated/α-hetero) is 1. The van der Waals surface area contributed by atoms with Gasteiger partial charge in [-0.2, -0.15) is 0 Å². The molecule has 1 heterocycles. The topological polar surface area (TPSA) is 58.6 Å². The zero-order valence-corrected chi connectivity index (χ0v) is 12.7. The van der Waals surface area contributed by atoms with Gasteiger partial charge in [-0.25, -0.2) is 0 Å². The first-order chi connectivity index (χ1) is 10.1. The van der Waals surface area contributed by atoms with E-state index >= 15 is 0 Å². The number of hydrogen-bond donors (Lipinski definition) is 2. The highest BCUT2D eigenvalue weighted by Crippen LogP contribution is 2.13. The summed E-state index contributed by atoms with van der Waals surface area (Å²) in [5.41, 5.74) is 0.653. The van der Waals surface area contributed by atoms with Crippen LogP contribution in [0.5, 0.6) is 5.75 Å². The summed E-state index contributed by atoms with van der Waals surface area (Å²) in [5, 5.41) is 15.1. The second kappa shape index (κ2) is 7.93. The Morgan fingerprint density at radius 3 is 2.71 bits per heavy atom. The summed E-state index contributed by atoms with van der Waals surface area (Å²) in [6, 6.07) is 11.0. The van der Waals surface area contributed by atoms with Crippen LogP contribution in [0.1, 0.15) is 22.2 Å². The first kappa shape index (κ1) is 15.7. The highest BCUT2D eigenvalue weighted by molar-refractivity contribution is 7.09. The fraction of sp³-hybridized carbons (Fsp3) is 0.312. The van der Waals surface area contributed by atoms with Gasteiger partial charge in [0.05, 0.1) is 0 Å². The van der Waals surface area contributed by atoms with Crippen LogP contribution in [0.4, 0.5) is 0 Å². The van der Waals surface area contributed by atoms with Gasteiger partial charge in [-0.3, -0.25) is 4.79 Å². The third kappa shape index (κ3) is 5.30. The molecule has 0 fully saturated rings. The van der Waals surface area contributed by atoms with Crippen LogP contribution in [0.25, 0.3) is 0 Å². The Bertz CT molecular complexity index is 551. The van der Waals surface area contributed by atoms with Crippen LogP contribution in [0, 0.1) is 0 Å². The van der Waals surface area contributed by atoms with Crippen molar-refractivity contribution >= 4 is 17.1 Å². The van der Waals surface area contributed by atoms with Crippen LogP contribution in [0.2, 0.25) is 0 Å². The Kier molecular flexibility index (Phi) is 5.92. The van der Waals surface area contributed by atoms with E-state index in [9.17, 15) is 9.90 Å². The number of rotatable bonds is 8. The van der Waals surface area contributed by atoms with E-state index in [1.807, 2.05) is 11.4 Å². The minimum atomic E-state index is -0.572. The van der Waals surface area contributed by atoms with Crippen molar-refractivity contribution < 1.29 is 14.6 Å². The molecule has 2 aromatic rings. The van der Waals surface area contributed by atoms with Gasteiger partial charge in [-0.1, -0.05) is 6.07 Å². The molecular weight excluding hydrogens is 286 g/mol. The number of hydrogen-bond acceptors (Lipinski definition) is 5. The highest BCUT2D eigenvalue weighted by Gasteiger charge is 2.06. The van der Waals surface area contributed by atoms with E-state index in [4.69, 9.17) is 4.74 Å². The van der Waals surface area contributed by atoms with Gasteiger partial charge in [-0.05, 0) is 42.6 Å². The Hall–Kier alpha value is -1.69. The summed E-state index contributed by atoms with van der Waals surface area (Å²) in [6.45, 7) is 2.97. The van der Waals surface area contributed by atoms with Gasteiger partial charge in [0.15, 0.2) is 5.78 Å². The Morgan fingerprint density at radius 1 is 1.33 bits per heavy atom. The lowest BCUT2D eigenvalue weighted by atomic mass is 10.1. The molecule has 0 bridgehead atoms. The average molecular weight is 305 g/mol. The number of carbonyl (C=O) groups is 1. The maximum absolute atomic E-state index is 11.2. The van der Waals surface area contributed by atoms with Crippen molar-refractivity contribution in [3.8, 4) is 5.75 Å².